The Balaban J connectivity index is 2.15. The van der Waals surface area contributed by atoms with Gasteiger partial charge in [-0.3, -0.25) is 4.79 Å². The molecule has 3 rings (SSSR count). The van der Waals surface area contributed by atoms with Crippen LogP contribution in [0.5, 0.6) is 11.5 Å². The van der Waals surface area contributed by atoms with E-state index in [-0.39, 0.29) is 10.8 Å². The fourth-order valence-electron chi connectivity index (χ4n) is 2.95. The van der Waals surface area contributed by atoms with Gasteiger partial charge in [-0.1, -0.05) is 0 Å². The van der Waals surface area contributed by atoms with Gasteiger partial charge in [0.05, 0.1) is 20.0 Å². The lowest BCUT2D eigenvalue weighted by molar-refractivity contribution is -0.130. The highest BCUT2D eigenvalue weighted by atomic mass is 32.2. The molecule has 1 atom stereocenters. The van der Waals surface area contributed by atoms with E-state index in [1.54, 1.807) is 26.0 Å². The predicted octanol–water partition coefficient (Wildman–Crippen LogP) is 2.01. The molecular weight excluding hydrogens is 262 g/mol. The smallest absolute Gasteiger partial charge is 0.234 e. The van der Waals surface area contributed by atoms with Crippen LogP contribution in [0.15, 0.2) is 12.1 Å². The number of benzene rings is 1. The summed E-state index contributed by atoms with van der Waals surface area (Å²) < 4.78 is 10.7. The summed E-state index contributed by atoms with van der Waals surface area (Å²) >= 11 is 1.69. The summed E-state index contributed by atoms with van der Waals surface area (Å²) in [7, 11) is 3.29. The van der Waals surface area contributed by atoms with Crippen LogP contribution in [0.4, 0.5) is 0 Å². The minimum atomic E-state index is -0.260. The van der Waals surface area contributed by atoms with Gasteiger partial charge in [-0.05, 0) is 36.6 Å². The van der Waals surface area contributed by atoms with Gasteiger partial charge in [0.1, 0.15) is 4.87 Å². The van der Waals surface area contributed by atoms with Crippen LogP contribution >= 0.6 is 11.8 Å². The van der Waals surface area contributed by atoms with Gasteiger partial charge in [0.25, 0.3) is 0 Å². The van der Waals surface area contributed by atoms with Gasteiger partial charge in [-0.25, -0.2) is 0 Å². The fourth-order valence-corrected chi connectivity index (χ4v) is 4.20. The molecule has 0 N–H and O–H groups in total. The molecule has 19 heavy (non-hydrogen) atoms. The maximum Gasteiger partial charge on any atom is 0.234 e. The molecule has 1 fully saturated rings. The van der Waals surface area contributed by atoms with Crippen molar-refractivity contribution in [2.75, 3.05) is 26.5 Å². The molecule has 4 nitrogen and oxygen atoms in total. The second kappa shape index (κ2) is 4.34. The molecular formula is C14H17NO3S. The van der Waals surface area contributed by atoms with Crippen molar-refractivity contribution in [2.45, 2.75) is 18.2 Å². The van der Waals surface area contributed by atoms with Crippen molar-refractivity contribution in [2.24, 2.45) is 0 Å². The van der Waals surface area contributed by atoms with Crippen LogP contribution in [0, 0.1) is 0 Å². The lowest BCUT2D eigenvalue weighted by Crippen LogP contribution is -2.45. The Bertz CT molecular complexity index is 546. The average Bonchev–Trinajstić information content (AvgIpc) is 2.73. The van der Waals surface area contributed by atoms with E-state index in [9.17, 15) is 4.79 Å². The number of ether oxygens (including phenoxy) is 2. The highest BCUT2D eigenvalue weighted by Gasteiger charge is 2.47. The summed E-state index contributed by atoms with van der Waals surface area (Å²) in [6.45, 7) is 2.90. The third kappa shape index (κ3) is 1.71. The van der Waals surface area contributed by atoms with Crippen LogP contribution in [-0.2, 0) is 16.1 Å². The molecule has 1 unspecified atom stereocenters. The molecule has 102 valence electrons. The first kappa shape index (κ1) is 12.7. The Morgan fingerprint density at radius 1 is 1.26 bits per heavy atom. The fraction of sp³-hybridized carbons (Fsp3) is 0.500. The van der Waals surface area contributed by atoms with E-state index in [2.05, 4.69) is 6.92 Å². The Morgan fingerprint density at radius 2 is 1.95 bits per heavy atom. The summed E-state index contributed by atoms with van der Waals surface area (Å²) in [4.78, 5) is 13.7. The van der Waals surface area contributed by atoms with E-state index in [0.717, 1.165) is 24.5 Å². The average molecular weight is 279 g/mol. The molecule has 0 saturated carbocycles. The van der Waals surface area contributed by atoms with Crippen LogP contribution in [0.2, 0.25) is 0 Å². The van der Waals surface area contributed by atoms with Gasteiger partial charge in [0.2, 0.25) is 5.91 Å². The van der Waals surface area contributed by atoms with Crippen LogP contribution in [0.1, 0.15) is 18.1 Å². The molecule has 0 aliphatic carbocycles. The quantitative estimate of drug-likeness (QED) is 0.830. The monoisotopic (exact) mass is 279 g/mol. The number of hydrogen-bond acceptors (Lipinski definition) is 4. The molecule has 2 aliphatic heterocycles. The summed E-state index contributed by atoms with van der Waals surface area (Å²) in [6, 6.07) is 4.06. The lowest BCUT2D eigenvalue weighted by atomic mass is 9.92. The van der Waals surface area contributed by atoms with E-state index < -0.39 is 0 Å². The molecule has 0 bridgehead atoms. The highest BCUT2D eigenvalue weighted by Crippen LogP contribution is 2.50. The first-order valence-electron chi connectivity index (χ1n) is 6.30. The van der Waals surface area contributed by atoms with Gasteiger partial charge >= 0.3 is 0 Å². The van der Waals surface area contributed by atoms with Crippen molar-refractivity contribution in [3.63, 3.8) is 0 Å². The Morgan fingerprint density at radius 3 is 2.63 bits per heavy atom. The summed E-state index contributed by atoms with van der Waals surface area (Å²) in [5.74, 6) is 2.27. The number of methoxy groups -OCH3 is 2. The van der Waals surface area contributed by atoms with Gasteiger partial charge in [0, 0.05) is 6.54 Å². The molecule has 1 saturated heterocycles. The Kier molecular flexibility index (Phi) is 2.89. The first-order chi connectivity index (χ1) is 9.10. The lowest BCUT2D eigenvalue weighted by Gasteiger charge is -2.40. The third-order valence-corrected chi connectivity index (χ3v) is 5.40. The molecule has 0 aromatic heterocycles. The normalized spacial score (nSPS) is 25.0. The van der Waals surface area contributed by atoms with E-state index in [1.165, 1.54) is 11.1 Å². The predicted molar refractivity (Wildman–Crippen MR) is 74.8 cm³/mol. The minimum absolute atomic E-state index is 0.230. The summed E-state index contributed by atoms with van der Waals surface area (Å²) in [5, 5.41) is 0. The molecule has 1 aromatic carbocycles. The highest BCUT2D eigenvalue weighted by molar-refractivity contribution is 8.01. The number of carbonyl (C=O) groups excluding carboxylic acids is 1. The number of nitrogens with zero attached hydrogens (tertiary/aromatic N) is 1. The van der Waals surface area contributed by atoms with Crippen molar-refractivity contribution < 1.29 is 14.3 Å². The third-order valence-electron chi connectivity index (χ3n) is 4.01. The van der Waals surface area contributed by atoms with E-state index >= 15 is 0 Å². The Labute approximate surface area is 117 Å². The topological polar surface area (TPSA) is 38.8 Å². The number of rotatable bonds is 2. The van der Waals surface area contributed by atoms with Crippen LogP contribution in [0.25, 0.3) is 0 Å². The van der Waals surface area contributed by atoms with E-state index in [4.69, 9.17) is 9.47 Å². The maximum absolute atomic E-state index is 12.0. The van der Waals surface area contributed by atoms with E-state index in [1.807, 2.05) is 17.0 Å². The zero-order chi connectivity index (χ0) is 13.6. The molecule has 0 radical (unpaired) electrons. The SMILES string of the molecule is COc1cc2c(cc1OC)C1(C)SCC(=O)N1CC2. The Hall–Kier alpha value is -1.36. The second-order valence-corrected chi connectivity index (χ2v) is 6.30. The minimum Gasteiger partial charge on any atom is -0.493 e. The maximum atomic E-state index is 12.0. The van der Waals surface area contributed by atoms with Crippen LogP contribution < -0.4 is 9.47 Å². The van der Waals surface area contributed by atoms with Crippen molar-refractivity contribution in [3.8, 4) is 11.5 Å². The standard InChI is InChI=1S/C14H17NO3S/c1-14-10-7-12(18-3)11(17-2)6-9(10)4-5-15(14)13(16)8-19-14/h6-7H,4-5,8H2,1-3H3. The number of thioether (sulfide) groups is 1. The van der Waals surface area contributed by atoms with Crippen molar-refractivity contribution in [1.29, 1.82) is 0 Å². The van der Waals surface area contributed by atoms with Crippen molar-refractivity contribution >= 4 is 17.7 Å². The second-order valence-electron chi connectivity index (χ2n) is 4.93. The number of carbonyl (C=O) groups is 1. The number of fused-ring (bicyclic) bond motifs is 3. The van der Waals surface area contributed by atoms with Gasteiger partial charge in [-0.2, -0.15) is 0 Å². The van der Waals surface area contributed by atoms with Gasteiger partial charge < -0.3 is 14.4 Å². The molecule has 2 aliphatic rings. The van der Waals surface area contributed by atoms with E-state index in [0.29, 0.717) is 5.75 Å². The molecule has 1 aromatic rings. The van der Waals surface area contributed by atoms with Crippen LogP contribution in [-0.4, -0.2) is 37.3 Å². The largest absolute Gasteiger partial charge is 0.493 e. The zero-order valence-electron chi connectivity index (χ0n) is 11.4. The molecule has 2 heterocycles. The van der Waals surface area contributed by atoms with Crippen molar-refractivity contribution in [1.82, 2.24) is 4.90 Å². The molecule has 1 amide bonds. The number of hydrogen-bond donors (Lipinski definition) is 0. The van der Waals surface area contributed by atoms with Gasteiger partial charge in [-0.15, -0.1) is 11.8 Å². The molecule has 0 spiro atoms. The first-order valence-corrected chi connectivity index (χ1v) is 7.28. The van der Waals surface area contributed by atoms with Gasteiger partial charge in [0.15, 0.2) is 11.5 Å². The summed E-state index contributed by atoms with van der Waals surface area (Å²) in [5.41, 5.74) is 2.42. The van der Waals surface area contributed by atoms with Crippen molar-refractivity contribution in [3.05, 3.63) is 23.3 Å². The molecule has 5 heteroatoms. The zero-order valence-corrected chi connectivity index (χ0v) is 12.2. The summed E-state index contributed by atoms with van der Waals surface area (Å²) in [6.07, 6.45) is 0.873. The number of amides is 1. The van der Waals surface area contributed by atoms with Crippen LogP contribution in [0.3, 0.4) is 0 Å².